The van der Waals surface area contributed by atoms with E-state index in [1.807, 2.05) is 30.3 Å². The van der Waals surface area contributed by atoms with Crippen LogP contribution in [0.5, 0.6) is 5.75 Å². The molecule has 0 radical (unpaired) electrons. The van der Waals surface area contributed by atoms with E-state index in [1.54, 1.807) is 6.07 Å². The van der Waals surface area contributed by atoms with Crippen LogP contribution in [0, 0.1) is 0 Å². The van der Waals surface area contributed by atoms with Crippen LogP contribution in [0.25, 0.3) is 0 Å². The van der Waals surface area contributed by atoms with Crippen LogP contribution in [0.3, 0.4) is 0 Å². The fourth-order valence-electron chi connectivity index (χ4n) is 2.47. The van der Waals surface area contributed by atoms with Crippen molar-refractivity contribution in [3.05, 3.63) is 65.2 Å². The number of hydrogen-bond donors (Lipinski definition) is 2. The average molecular weight is 371 g/mol. The fraction of sp³-hybridized carbons (Fsp3) is 0.250. The monoisotopic (exact) mass is 371 g/mol. The number of aromatic hydroxyl groups is 1. The summed E-state index contributed by atoms with van der Waals surface area (Å²) in [6, 6.07) is 12.5. The van der Waals surface area contributed by atoms with Crippen molar-refractivity contribution >= 4 is 17.8 Å². The van der Waals surface area contributed by atoms with Gasteiger partial charge in [0.1, 0.15) is 18.4 Å². The SMILES string of the molecule is COC(=O)C(Cc1ccc(O)c(C(C)=O)c1)NC(=O)OCc1ccccc1. The van der Waals surface area contributed by atoms with Crippen LogP contribution in [-0.4, -0.2) is 36.1 Å². The molecule has 0 bridgehead atoms. The molecule has 1 atom stereocenters. The number of ether oxygens (including phenoxy) is 2. The number of amides is 1. The number of nitrogens with one attached hydrogen (secondary N) is 1. The number of carbonyl (C=O) groups excluding carboxylic acids is 3. The maximum absolute atomic E-state index is 12.0. The summed E-state index contributed by atoms with van der Waals surface area (Å²) in [5.41, 5.74) is 1.53. The van der Waals surface area contributed by atoms with Gasteiger partial charge in [-0.2, -0.15) is 0 Å². The molecule has 7 nitrogen and oxygen atoms in total. The number of benzene rings is 2. The minimum absolute atomic E-state index is 0.0638. The summed E-state index contributed by atoms with van der Waals surface area (Å²) < 4.78 is 9.84. The zero-order valence-corrected chi connectivity index (χ0v) is 15.1. The van der Waals surface area contributed by atoms with Gasteiger partial charge < -0.3 is 19.9 Å². The number of alkyl carbamates (subject to hydrolysis) is 1. The topological polar surface area (TPSA) is 102 Å². The molecule has 2 rings (SSSR count). The first-order chi connectivity index (χ1) is 12.9. The molecule has 0 spiro atoms. The predicted molar refractivity (Wildman–Crippen MR) is 97.4 cm³/mol. The van der Waals surface area contributed by atoms with Crippen molar-refractivity contribution in [1.82, 2.24) is 5.32 Å². The molecule has 0 saturated carbocycles. The normalized spacial score (nSPS) is 11.3. The quantitative estimate of drug-likeness (QED) is 0.573. The third-order valence-electron chi connectivity index (χ3n) is 3.87. The number of methoxy groups -OCH3 is 1. The summed E-state index contributed by atoms with van der Waals surface area (Å²) in [7, 11) is 1.21. The zero-order chi connectivity index (χ0) is 19.8. The highest BCUT2D eigenvalue weighted by Crippen LogP contribution is 2.20. The third kappa shape index (κ3) is 5.85. The van der Waals surface area contributed by atoms with Crippen molar-refractivity contribution in [3.63, 3.8) is 0 Å². The molecule has 0 heterocycles. The Kier molecular flexibility index (Phi) is 6.93. The number of Topliss-reactive ketones (excluding diaryl/α,β-unsaturated/α-hetero) is 1. The molecule has 27 heavy (non-hydrogen) atoms. The Morgan fingerprint density at radius 3 is 2.41 bits per heavy atom. The van der Waals surface area contributed by atoms with Gasteiger partial charge in [-0.25, -0.2) is 9.59 Å². The molecule has 2 N–H and O–H groups in total. The molecule has 0 aromatic heterocycles. The highest BCUT2D eigenvalue weighted by atomic mass is 16.6. The molecule has 2 aromatic rings. The molecular weight excluding hydrogens is 350 g/mol. The van der Waals surface area contributed by atoms with Crippen molar-refractivity contribution in [2.24, 2.45) is 0 Å². The lowest BCUT2D eigenvalue weighted by Crippen LogP contribution is -2.43. The standard InChI is InChI=1S/C20H21NO6/c1-13(22)16-10-15(8-9-18(16)23)11-17(19(24)26-2)21-20(25)27-12-14-6-4-3-5-7-14/h3-10,17,23H,11-12H2,1-2H3,(H,21,25). The van der Waals surface area contributed by atoms with Gasteiger partial charge in [0.2, 0.25) is 0 Å². The lowest BCUT2D eigenvalue weighted by atomic mass is 10.0. The minimum Gasteiger partial charge on any atom is -0.507 e. The van der Waals surface area contributed by atoms with Crippen molar-refractivity contribution in [3.8, 4) is 5.75 Å². The van der Waals surface area contributed by atoms with Gasteiger partial charge in [0.05, 0.1) is 12.7 Å². The molecule has 0 aliphatic heterocycles. The van der Waals surface area contributed by atoms with Crippen molar-refractivity contribution in [2.75, 3.05) is 7.11 Å². The predicted octanol–water partition coefficient (Wildman–Crippen LogP) is 2.61. The second-order valence-electron chi connectivity index (χ2n) is 5.89. The maximum Gasteiger partial charge on any atom is 0.408 e. The van der Waals surface area contributed by atoms with Gasteiger partial charge in [-0.1, -0.05) is 36.4 Å². The Balaban J connectivity index is 2.04. The van der Waals surface area contributed by atoms with Crippen molar-refractivity contribution < 1.29 is 29.0 Å². The third-order valence-corrected chi connectivity index (χ3v) is 3.87. The zero-order valence-electron chi connectivity index (χ0n) is 15.1. The molecule has 1 unspecified atom stereocenters. The van der Waals surface area contributed by atoms with Crippen molar-refractivity contribution in [1.29, 1.82) is 0 Å². The molecule has 1 amide bonds. The van der Waals surface area contributed by atoms with Crippen LogP contribution < -0.4 is 5.32 Å². The first kappa shape index (κ1) is 20.0. The van der Waals surface area contributed by atoms with E-state index in [0.29, 0.717) is 5.56 Å². The number of phenolic OH excluding ortho intramolecular Hbond substituents is 1. The summed E-state index contributed by atoms with van der Waals surface area (Å²) in [6.07, 6.45) is -0.687. The Morgan fingerprint density at radius 1 is 1.07 bits per heavy atom. The molecule has 0 aliphatic rings. The van der Waals surface area contributed by atoms with E-state index in [0.717, 1.165) is 5.56 Å². The van der Waals surface area contributed by atoms with E-state index >= 15 is 0 Å². The number of hydrogen-bond acceptors (Lipinski definition) is 6. The Morgan fingerprint density at radius 2 is 1.78 bits per heavy atom. The van der Waals surface area contributed by atoms with E-state index < -0.39 is 18.1 Å². The van der Waals surface area contributed by atoms with Gasteiger partial charge in [0.25, 0.3) is 0 Å². The molecule has 142 valence electrons. The second kappa shape index (κ2) is 9.38. The number of rotatable bonds is 7. The van der Waals surface area contributed by atoms with Crippen LogP contribution >= 0.6 is 0 Å². The van der Waals surface area contributed by atoms with Crippen LogP contribution in [0.2, 0.25) is 0 Å². The average Bonchev–Trinajstić information content (AvgIpc) is 2.67. The van der Waals surface area contributed by atoms with Crippen LogP contribution in [0.4, 0.5) is 4.79 Å². The van der Waals surface area contributed by atoms with Gasteiger partial charge in [0, 0.05) is 6.42 Å². The van der Waals surface area contributed by atoms with E-state index in [1.165, 1.54) is 26.2 Å². The fourth-order valence-corrected chi connectivity index (χ4v) is 2.47. The second-order valence-corrected chi connectivity index (χ2v) is 5.89. The summed E-state index contributed by atoms with van der Waals surface area (Å²) in [5.74, 6) is -1.10. The molecular formula is C20H21NO6. The summed E-state index contributed by atoms with van der Waals surface area (Å²) >= 11 is 0. The van der Waals surface area contributed by atoms with Crippen molar-refractivity contribution in [2.45, 2.75) is 26.0 Å². The van der Waals surface area contributed by atoms with E-state index in [-0.39, 0.29) is 30.1 Å². The lowest BCUT2D eigenvalue weighted by Gasteiger charge is -2.17. The van der Waals surface area contributed by atoms with Crippen LogP contribution in [0.1, 0.15) is 28.4 Å². The number of esters is 1. The Labute approximate surface area is 156 Å². The van der Waals surface area contributed by atoms with Crippen LogP contribution in [0.15, 0.2) is 48.5 Å². The number of ketones is 1. The summed E-state index contributed by atoms with van der Waals surface area (Å²) in [6.45, 7) is 1.39. The largest absolute Gasteiger partial charge is 0.507 e. The van der Waals surface area contributed by atoms with E-state index in [4.69, 9.17) is 9.47 Å². The van der Waals surface area contributed by atoms with Gasteiger partial charge in [-0.15, -0.1) is 0 Å². The Bertz CT molecular complexity index is 818. The smallest absolute Gasteiger partial charge is 0.408 e. The number of phenols is 1. The van der Waals surface area contributed by atoms with E-state index in [2.05, 4.69) is 5.32 Å². The van der Waals surface area contributed by atoms with Gasteiger partial charge in [0.15, 0.2) is 5.78 Å². The molecule has 0 saturated heterocycles. The van der Waals surface area contributed by atoms with E-state index in [9.17, 15) is 19.5 Å². The highest BCUT2D eigenvalue weighted by molar-refractivity contribution is 5.96. The van der Waals surface area contributed by atoms with Gasteiger partial charge in [-0.05, 0) is 30.2 Å². The molecule has 7 heteroatoms. The molecule has 0 aliphatic carbocycles. The van der Waals surface area contributed by atoms with Gasteiger partial charge >= 0.3 is 12.1 Å². The minimum atomic E-state index is -0.998. The first-order valence-corrected chi connectivity index (χ1v) is 8.28. The lowest BCUT2D eigenvalue weighted by molar-refractivity contribution is -0.143. The first-order valence-electron chi connectivity index (χ1n) is 8.28. The maximum atomic E-state index is 12.0. The molecule has 0 fully saturated rings. The summed E-state index contributed by atoms with van der Waals surface area (Å²) in [4.78, 5) is 35.6. The summed E-state index contributed by atoms with van der Waals surface area (Å²) in [5, 5.41) is 12.2. The van der Waals surface area contributed by atoms with Crippen LogP contribution in [-0.2, 0) is 27.3 Å². The molecule has 2 aromatic carbocycles. The Hall–Kier alpha value is -3.35. The van der Waals surface area contributed by atoms with Gasteiger partial charge in [-0.3, -0.25) is 4.79 Å². The number of carbonyl (C=O) groups is 3. The highest BCUT2D eigenvalue weighted by Gasteiger charge is 2.23.